The molecule has 3 rings (SSSR count). The number of benzene rings is 1. The predicted molar refractivity (Wildman–Crippen MR) is 98.6 cm³/mol. The fourth-order valence-corrected chi connectivity index (χ4v) is 4.07. The molecule has 0 aliphatic heterocycles. The molecule has 0 unspecified atom stereocenters. The van der Waals surface area contributed by atoms with Gasteiger partial charge in [-0.15, -0.1) is 11.8 Å². The molecule has 0 bridgehead atoms. The number of hydrogen-bond donors (Lipinski definition) is 1. The first-order chi connectivity index (χ1) is 11.6. The van der Waals surface area contributed by atoms with Crippen molar-refractivity contribution in [1.29, 1.82) is 0 Å². The number of carbonyl (C=O) groups excluding carboxylic acids is 1. The lowest BCUT2D eigenvalue weighted by atomic mass is 10.1. The van der Waals surface area contributed by atoms with Crippen LogP contribution in [0.4, 0.5) is 5.69 Å². The van der Waals surface area contributed by atoms with Crippen LogP contribution in [0.1, 0.15) is 22.6 Å². The molecular weight excluding hydrogens is 340 g/mol. The second-order valence-electron chi connectivity index (χ2n) is 5.44. The standard InChI is InChI=1S/C18H18N2O2S2/c1-12-15(13(2)22-20-12)9-18(21)19-16-5-3-4-6-17(16)24-11-14-7-8-23-10-14/h3-8,10H,9,11H2,1-2H3,(H,19,21). The van der Waals surface area contributed by atoms with Crippen molar-refractivity contribution in [3.05, 3.63) is 63.7 Å². The molecule has 4 nitrogen and oxygen atoms in total. The highest BCUT2D eigenvalue weighted by Crippen LogP contribution is 2.30. The van der Waals surface area contributed by atoms with Crippen LogP contribution in [-0.4, -0.2) is 11.1 Å². The molecule has 124 valence electrons. The van der Waals surface area contributed by atoms with E-state index in [-0.39, 0.29) is 12.3 Å². The van der Waals surface area contributed by atoms with Gasteiger partial charge >= 0.3 is 0 Å². The summed E-state index contributed by atoms with van der Waals surface area (Å²) in [6.07, 6.45) is 0.269. The van der Waals surface area contributed by atoms with E-state index in [1.54, 1.807) is 23.1 Å². The Morgan fingerprint density at radius 3 is 2.83 bits per heavy atom. The highest BCUT2D eigenvalue weighted by molar-refractivity contribution is 7.98. The molecule has 0 spiro atoms. The van der Waals surface area contributed by atoms with Gasteiger partial charge in [-0.3, -0.25) is 4.79 Å². The summed E-state index contributed by atoms with van der Waals surface area (Å²) >= 11 is 3.42. The monoisotopic (exact) mass is 358 g/mol. The minimum atomic E-state index is -0.0621. The van der Waals surface area contributed by atoms with Gasteiger partial charge < -0.3 is 9.84 Å². The first kappa shape index (κ1) is 16.8. The molecule has 3 aromatic rings. The van der Waals surface area contributed by atoms with E-state index in [9.17, 15) is 4.79 Å². The molecule has 0 aliphatic rings. The summed E-state index contributed by atoms with van der Waals surface area (Å²) in [6.45, 7) is 3.68. The molecule has 2 aromatic heterocycles. The molecule has 0 fully saturated rings. The van der Waals surface area contributed by atoms with Gasteiger partial charge in [0.1, 0.15) is 5.76 Å². The predicted octanol–water partition coefficient (Wildman–Crippen LogP) is 4.83. The summed E-state index contributed by atoms with van der Waals surface area (Å²) < 4.78 is 5.12. The number of aromatic nitrogens is 1. The van der Waals surface area contributed by atoms with Crippen molar-refractivity contribution in [2.24, 2.45) is 0 Å². The van der Waals surface area contributed by atoms with E-state index >= 15 is 0 Å². The topological polar surface area (TPSA) is 55.1 Å². The molecule has 2 heterocycles. The van der Waals surface area contributed by atoms with Crippen LogP contribution < -0.4 is 5.32 Å². The molecule has 24 heavy (non-hydrogen) atoms. The SMILES string of the molecule is Cc1noc(C)c1CC(=O)Nc1ccccc1SCc1ccsc1. The molecule has 1 N–H and O–H groups in total. The molecule has 1 aromatic carbocycles. The lowest BCUT2D eigenvalue weighted by molar-refractivity contribution is -0.115. The number of aryl methyl sites for hydroxylation is 2. The van der Waals surface area contributed by atoms with E-state index in [2.05, 4.69) is 27.3 Å². The zero-order valence-corrected chi connectivity index (χ0v) is 15.2. The van der Waals surface area contributed by atoms with Gasteiger partial charge in [-0.05, 0) is 48.4 Å². The molecule has 6 heteroatoms. The minimum Gasteiger partial charge on any atom is -0.361 e. The Labute approximate surface area is 149 Å². The van der Waals surface area contributed by atoms with Crippen LogP contribution >= 0.6 is 23.1 Å². The van der Waals surface area contributed by atoms with Crippen LogP contribution in [0.25, 0.3) is 0 Å². The van der Waals surface area contributed by atoms with E-state index in [4.69, 9.17) is 4.52 Å². The van der Waals surface area contributed by atoms with E-state index in [1.165, 1.54) is 5.56 Å². The Morgan fingerprint density at radius 2 is 2.12 bits per heavy atom. The third-order valence-electron chi connectivity index (χ3n) is 3.65. The highest BCUT2D eigenvalue weighted by atomic mass is 32.2. The van der Waals surface area contributed by atoms with Crippen LogP contribution in [0.2, 0.25) is 0 Å². The van der Waals surface area contributed by atoms with Crippen molar-refractivity contribution in [3.8, 4) is 0 Å². The fourth-order valence-electron chi connectivity index (χ4n) is 2.34. The number of hydrogen-bond acceptors (Lipinski definition) is 5. The summed E-state index contributed by atoms with van der Waals surface area (Å²) in [5.41, 5.74) is 3.76. The van der Waals surface area contributed by atoms with Gasteiger partial charge in [0.2, 0.25) is 5.91 Å². The highest BCUT2D eigenvalue weighted by Gasteiger charge is 2.14. The molecule has 0 saturated carbocycles. The van der Waals surface area contributed by atoms with Crippen molar-refractivity contribution in [1.82, 2.24) is 5.16 Å². The van der Waals surface area contributed by atoms with Crippen molar-refractivity contribution < 1.29 is 9.32 Å². The third-order valence-corrected chi connectivity index (χ3v) is 5.53. The van der Waals surface area contributed by atoms with Crippen LogP contribution in [0.5, 0.6) is 0 Å². The van der Waals surface area contributed by atoms with Gasteiger partial charge in [0, 0.05) is 16.2 Å². The van der Waals surface area contributed by atoms with Crippen molar-refractivity contribution >= 4 is 34.7 Å². The minimum absolute atomic E-state index is 0.0621. The number of nitrogens with one attached hydrogen (secondary N) is 1. The number of para-hydroxylation sites is 1. The van der Waals surface area contributed by atoms with Gasteiger partial charge in [-0.1, -0.05) is 17.3 Å². The van der Waals surface area contributed by atoms with Gasteiger partial charge in [-0.2, -0.15) is 11.3 Å². The van der Waals surface area contributed by atoms with E-state index in [1.807, 2.05) is 38.1 Å². The average Bonchev–Trinajstić information content (AvgIpc) is 3.19. The third kappa shape index (κ3) is 4.07. The Hall–Kier alpha value is -2.05. The van der Waals surface area contributed by atoms with Gasteiger partial charge in [0.05, 0.1) is 17.8 Å². The van der Waals surface area contributed by atoms with Crippen molar-refractivity contribution in [3.63, 3.8) is 0 Å². The number of thiophene rings is 1. The Balaban J connectivity index is 1.67. The maximum Gasteiger partial charge on any atom is 0.229 e. The van der Waals surface area contributed by atoms with Gasteiger partial charge in [0.15, 0.2) is 0 Å². The maximum absolute atomic E-state index is 12.4. The molecule has 1 amide bonds. The fraction of sp³-hybridized carbons (Fsp3) is 0.222. The summed E-state index contributed by atoms with van der Waals surface area (Å²) in [5.74, 6) is 1.52. The quantitative estimate of drug-likeness (QED) is 0.642. The first-order valence-corrected chi connectivity index (χ1v) is 9.51. The van der Waals surface area contributed by atoms with E-state index in [0.29, 0.717) is 5.76 Å². The van der Waals surface area contributed by atoms with E-state index in [0.717, 1.165) is 27.6 Å². The second kappa shape index (κ2) is 7.68. The van der Waals surface area contributed by atoms with Gasteiger partial charge in [0.25, 0.3) is 0 Å². The first-order valence-electron chi connectivity index (χ1n) is 7.58. The summed E-state index contributed by atoms with van der Waals surface area (Å²) in [5, 5.41) is 11.1. The Morgan fingerprint density at radius 1 is 1.29 bits per heavy atom. The van der Waals surface area contributed by atoms with Crippen molar-refractivity contribution in [2.45, 2.75) is 30.9 Å². The zero-order chi connectivity index (χ0) is 16.9. The molecule has 0 radical (unpaired) electrons. The van der Waals surface area contributed by atoms with Crippen LogP contribution in [-0.2, 0) is 17.0 Å². The lowest BCUT2D eigenvalue weighted by Crippen LogP contribution is -2.15. The maximum atomic E-state index is 12.4. The van der Waals surface area contributed by atoms with Crippen LogP contribution in [0.3, 0.4) is 0 Å². The number of amides is 1. The molecule has 0 atom stereocenters. The zero-order valence-electron chi connectivity index (χ0n) is 13.5. The number of anilines is 1. The van der Waals surface area contributed by atoms with Crippen LogP contribution in [0.15, 0.2) is 50.5 Å². The lowest BCUT2D eigenvalue weighted by Gasteiger charge is -2.10. The largest absolute Gasteiger partial charge is 0.361 e. The Kier molecular flexibility index (Phi) is 5.37. The average molecular weight is 358 g/mol. The number of nitrogens with zero attached hydrogens (tertiary/aromatic N) is 1. The summed E-state index contributed by atoms with van der Waals surface area (Å²) in [4.78, 5) is 13.4. The smallest absolute Gasteiger partial charge is 0.229 e. The second-order valence-corrected chi connectivity index (χ2v) is 7.24. The normalized spacial score (nSPS) is 10.8. The van der Waals surface area contributed by atoms with Crippen LogP contribution in [0, 0.1) is 13.8 Å². The molecular formula is C18H18N2O2S2. The summed E-state index contributed by atoms with van der Waals surface area (Å²) in [7, 11) is 0. The number of carbonyl (C=O) groups is 1. The summed E-state index contributed by atoms with van der Waals surface area (Å²) in [6, 6.07) is 10.0. The molecule has 0 saturated heterocycles. The number of rotatable bonds is 6. The van der Waals surface area contributed by atoms with E-state index < -0.39 is 0 Å². The Bertz CT molecular complexity index is 806. The van der Waals surface area contributed by atoms with Crippen molar-refractivity contribution in [2.75, 3.05) is 5.32 Å². The van der Waals surface area contributed by atoms with Gasteiger partial charge in [-0.25, -0.2) is 0 Å². The number of thioether (sulfide) groups is 1. The molecule has 0 aliphatic carbocycles.